The molecule has 0 unspecified atom stereocenters. The first-order chi connectivity index (χ1) is 10.4. The van der Waals surface area contributed by atoms with Crippen molar-refractivity contribution in [3.05, 3.63) is 71.1 Å². The second kappa shape index (κ2) is 5.97. The lowest BCUT2D eigenvalue weighted by Gasteiger charge is -2.09. The summed E-state index contributed by atoms with van der Waals surface area (Å²) in [4.78, 5) is 11.7. The maximum Gasteiger partial charge on any atom is 0.343 e. The van der Waals surface area contributed by atoms with Gasteiger partial charge in [0.05, 0.1) is 5.56 Å². The number of esters is 1. The first-order valence-corrected chi connectivity index (χ1v) is 5.83. The van der Waals surface area contributed by atoms with Crippen LogP contribution in [0.1, 0.15) is 15.9 Å². The van der Waals surface area contributed by atoms with Crippen LogP contribution in [0, 0.1) is 29.1 Å². The topological polar surface area (TPSA) is 26.3 Å². The van der Waals surface area contributed by atoms with Crippen LogP contribution >= 0.6 is 0 Å². The summed E-state index contributed by atoms with van der Waals surface area (Å²) in [5.41, 5.74) is 0.530. The number of hydrogen-bond acceptors (Lipinski definition) is 2. The fourth-order valence-electron chi connectivity index (χ4n) is 1.58. The van der Waals surface area contributed by atoms with Crippen LogP contribution in [0.25, 0.3) is 6.08 Å². The molecule has 2 rings (SSSR count). The first-order valence-electron chi connectivity index (χ1n) is 5.83. The molecule has 114 valence electrons. The molecule has 0 aliphatic heterocycles. The molecule has 0 spiro atoms. The van der Waals surface area contributed by atoms with Gasteiger partial charge in [0, 0.05) is 0 Å². The highest BCUT2D eigenvalue weighted by atomic mass is 19.2. The van der Waals surface area contributed by atoms with Crippen molar-refractivity contribution in [1.82, 2.24) is 0 Å². The van der Waals surface area contributed by atoms with E-state index in [4.69, 9.17) is 0 Å². The van der Waals surface area contributed by atoms with Crippen molar-refractivity contribution >= 4 is 12.0 Å². The van der Waals surface area contributed by atoms with Gasteiger partial charge < -0.3 is 4.74 Å². The summed E-state index contributed by atoms with van der Waals surface area (Å²) in [6, 6.07) is 5.43. The third kappa shape index (κ3) is 2.69. The summed E-state index contributed by atoms with van der Waals surface area (Å²) >= 11 is 0. The van der Waals surface area contributed by atoms with Gasteiger partial charge >= 0.3 is 5.97 Å². The second-order valence-corrected chi connectivity index (χ2v) is 4.11. The predicted molar refractivity (Wildman–Crippen MR) is 67.7 cm³/mol. The highest BCUT2D eigenvalue weighted by molar-refractivity contribution is 5.91. The Hall–Kier alpha value is -2.70. The smallest absolute Gasteiger partial charge is 0.343 e. The van der Waals surface area contributed by atoms with Gasteiger partial charge in [-0.3, -0.25) is 0 Å². The number of halogens is 5. The van der Waals surface area contributed by atoms with E-state index in [1.807, 2.05) is 0 Å². The predicted octanol–water partition coefficient (Wildman–Crippen LogP) is 4.24. The van der Waals surface area contributed by atoms with E-state index in [1.165, 1.54) is 30.3 Å². The summed E-state index contributed by atoms with van der Waals surface area (Å²) in [5.74, 6) is -14.1. The van der Waals surface area contributed by atoms with Crippen LogP contribution in [-0.2, 0) is 0 Å². The summed E-state index contributed by atoms with van der Waals surface area (Å²) in [6.07, 6.45) is 1.49. The van der Waals surface area contributed by atoms with Crippen molar-refractivity contribution in [2.24, 2.45) is 0 Å². The van der Waals surface area contributed by atoms with Gasteiger partial charge in [-0.25, -0.2) is 18.0 Å². The Bertz CT molecular complexity index is 725. The maximum absolute atomic E-state index is 13.4. The molecule has 2 aromatic rings. The summed E-state index contributed by atoms with van der Waals surface area (Å²) < 4.78 is 69.9. The zero-order valence-electron chi connectivity index (χ0n) is 10.8. The van der Waals surface area contributed by atoms with Gasteiger partial charge in [0.2, 0.25) is 34.8 Å². The van der Waals surface area contributed by atoms with Gasteiger partial charge in [-0.05, 0) is 17.7 Å². The van der Waals surface area contributed by atoms with Crippen molar-refractivity contribution in [2.75, 3.05) is 0 Å². The molecule has 0 saturated carbocycles. The summed E-state index contributed by atoms with van der Waals surface area (Å²) in [7, 11) is 0. The van der Waals surface area contributed by atoms with Crippen LogP contribution in [-0.4, -0.2) is 5.97 Å². The highest BCUT2D eigenvalue weighted by Gasteiger charge is 2.28. The third-order valence-electron chi connectivity index (χ3n) is 2.75. The van der Waals surface area contributed by atoms with Crippen molar-refractivity contribution in [2.45, 2.75) is 0 Å². The Balaban J connectivity index is 2.38. The molecule has 2 aromatic carbocycles. The SMILES string of the molecule is C=Cc1ccc(C(=O)Oc2c(F)c(F)c(F)c(F)c2F)cc1. The lowest BCUT2D eigenvalue weighted by Crippen LogP contribution is -2.13. The minimum atomic E-state index is -2.33. The third-order valence-corrected chi connectivity index (χ3v) is 2.75. The molecule has 0 atom stereocenters. The van der Waals surface area contributed by atoms with Crippen LogP contribution < -0.4 is 4.74 Å². The molecule has 0 radical (unpaired) electrons. The number of carbonyl (C=O) groups excluding carboxylic acids is 1. The quantitative estimate of drug-likeness (QED) is 0.278. The number of ether oxygens (including phenoxy) is 1. The molecule has 0 N–H and O–H groups in total. The molecule has 0 aliphatic carbocycles. The molecule has 0 aliphatic rings. The van der Waals surface area contributed by atoms with E-state index in [1.54, 1.807) is 0 Å². The molecule has 2 nitrogen and oxygen atoms in total. The Morgan fingerprint density at radius 1 is 0.864 bits per heavy atom. The van der Waals surface area contributed by atoms with Gasteiger partial charge in [-0.1, -0.05) is 24.8 Å². The Kier molecular flexibility index (Phi) is 4.25. The molecule has 22 heavy (non-hydrogen) atoms. The average molecular weight is 314 g/mol. The van der Waals surface area contributed by atoms with Gasteiger partial charge in [0.1, 0.15) is 0 Å². The maximum atomic E-state index is 13.4. The van der Waals surface area contributed by atoms with Crippen LogP contribution in [0.3, 0.4) is 0 Å². The lowest BCUT2D eigenvalue weighted by atomic mass is 10.1. The van der Waals surface area contributed by atoms with Crippen LogP contribution in [0.15, 0.2) is 30.8 Å². The number of carbonyl (C=O) groups is 1. The van der Waals surface area contributed by atoms with Crippen molar-refractivity contribution in [3.63, 3.8) is 0 Å². The van der Waals surface area contributed by atoms with Crippen molar-refractivity contribution in [3.8, 4) is 5.75 Å². The van der Waals surface area contributed by atoms with Gasteiger partial charge in [-0.2, -0.15) is 8.78 Å². The molecule has 0 amide bonds. The molecule has 0 heterocycles. The lowest BCUT2D eigenvalue weighted by molar-refractivity contribution is 0.0716. The Morgan fingerprint density at radius 2 is 1.32 bits per heavy atom. The first kappa shape index (κ1) is 15.7. The van der Waals surface area contributed by atoms with Gasteiger partial charge in [0.25, 0.3) is 0 Å². The fraction of sp³-hybridized carbons (Fsp3) is 0. The fourth-order valence-corrected chi connectivity index (χ4v) is 1.58. The van der Waals surface area contributed by atoms with Crippen LogP contribution in [0.2, 0.25) is 0 Å². The number of hydrogen-bond donors (Lipinski definition) is 0. The monoisotopic (exact) mass is 314 g/mol. The minimum absolute atomic E-state index is 0.130. The zero-order valence-corrected chi connectivity index (χ0v) is 10.8. The Morgan fingerprint density at radius 3 is 1.77 bits per heavy atom. The van der Waals surface area contributed by atoms with Crippen LogP contribution in [0.4, 0.5) is 22.0 Å². The molecule has 7 heteroatoms. The largest absolute Gasteiger partial charge is 0.416 e. The molecule has 0 aromatic heterocycles. The van der Waals surface area contributed by atoms with Gasteiger partial charge in [0.15, 0.2) is 0 Å². The van der Waals surface area contributed by atoms with E-state index in [9.17, 15) is 26.7 Å². The molecular formula is C15H7F5O2. The standard InChI is InChI=1S/C15H7F5O2/c1-2-7-3-5-8(6-4-7)15(21)22-14-12(19)10(17)9(16)11(18)13(14)20/h2-6H,1H2. The summed E-state index contributed by atoms with van der Waals surface area (Å²) in [5, 5.41) is 0. The zero-order chi connectivity index (χ0) is 16.4. The molecule has 0 bridgehead atoms. The van der Waals surface area contributed by atoms with Crippen molar-refractivity contribution < 1.29 is 31.5 Å². The molecular weight excluding hydrogens is 307 g/mol. The van der Waals surface area contributed by atoms with Gasteiger partial charge in [-0.15, -0.1) is 0 Å². The number of benzene rings is 2. The summed E-state index contributed by atoms with van der Waals surface area (Å²) in [6.45, 7) is 3.49. The second-order valence-electron chi connectivity index (χ2n) is 4.11. The average Bonchev–Trinajstić information content (AvgIpc) is 2.55. The number of rotatable bonds is 3. The van der Waals surface area contributed by atoms with Crippen molar-refractivity contribution in [1.29, 1.82) is 0 Å². The van der Waals surface area contributed by atoms with E-state index in [0.29, 0.717) is 5.56 Å². The normalized spacial score (nSPS) is 10.4. The highest BCUT2D eigenvalue weighted by Crippen LogP contribution is 2.29. The van der Waals surface area contributed by atoms with E-state index in [2.05, 4.69) is 11.3 Å². The minimum Gasteiger partial charge on any atom is -0.416 e. The van der Waals surface area contributed by atoms with E-state index < -0.39 is 40.8 Å². The van der Waals surface area contributed by atoms with E-state index in [-0.39, 0.29) is 5.56 Å². The van der Waals surface area contributed by atoms with E-state index in [0.717, 1.165) is 0 Å². The molecule has 0 fully saturated rings. The Labute approximate surface area is 121 Å². The molecule has 0 saturated heterocycles. The van der Waals surface area contributed by atoms with E-state index >= 15 is 0 Å². The van der Waals surface area contributed by atoms with Crippen LogP contribution in [0.5, 0.6) is 5.75 Å².